The Balaban J connectivity index is 1.87. The fourth-order valence-electron chi connectivity index (χ4n) is 2.63. The summed E-state index contributed by atoms with van der Waals surface area (Å²) in [6.07, 6.45) is 1.87. The largest absolute Gasteiger partial charge is 0.324 e. The van der Waals surface area contributed by atoms with Crippen molar-refractivity contribution < 1.29 is 9.18 Å². The van der Waals surface area contributed by atoms with Gasteiger partial charge >= 0.3 is 0 Å². The average Bonchev–Trinajstić information content (AvgIpc) is 3.02. The van der Waals surface area contributed by atoms with Crippen LogP contribution in [-0.4, -0.2) is 18.5 Å². The maximum absolute atomic E-state index is 13.4. The highest BCUT2D eigenvalue weighted by atomic mass is 19.1. The van der Waals surface area contributed by atoms with E-state index in [1.807, 2.05) is 30.3 Å². The summed E-state index contributed by atoms with van der Waals surface area (Å²) in [7, 11) is 0. The van der Waals surface area contributed by atoms with Crippen molar-refractivity contribution in [3.8, 4) is 11.1 Å². The lowest BCUT2D eigenvalue weighted by Gasteiger charge is -2.14. The topological polar surface area (TPSA) is 41.1 Å². The van der Waals surface area contributed by atoms with Crippen LogP contribution in [0.1, 0.15) is 12.8 Å². The first kappa shape index (κ1) is 13.8. The Morgan fingerprint density at radius 3 is 2.81 bits per heavy atom. The van der Waals surface area contributed by atoms with E-state index in [0.717, 1.165) is 30.5 Å². The number of benzene rings is 2. The van der Waals surface area contributed by atoms with Gasteiger partial charge in [-0.15, -0.1) is 0 Å². The van der Waals surface area contributed by atoms with Crippen LogP contribution < -0.4 is 10.6 Å². The van der Waals surface area contributed by atoms with Crippen LogP contribution in [0.3, 0.4) is 0 Å². The number of carbonyl (C=O) groups is 1. The second kappa shape index (κ2) is 6.06. The molecule has 1 unspecified atom stereocenters. The monoisotopic (exact) mass is 284 g/mol. The number of rotatable bonds is 3. The summed E-state index contributed by atoms with van der Waals surface area (Å²) in [6.45, 7) is 0.879. The summed E-state index contributed by atoms with van der Waals surface area (Å²) >= 11 is 0. The van der Waals surface area contributed by atoms with Gasteiger partial charge in [0, 0.05) is 11.3 Å². The van der Waals surface area contributed by atoms with Crippen LogP contribution in [0.25, 0.3) is 11.1 Å². The molecule has 1 aliphatic heterocycles. The second-order valence-electron chi connectivity index (χ2n) is 5.19. The van der Waals surface area contributed by atoms with Crippen molar-refractivity contribution >= 4 is 11.6 Å². The molecule has 1 saturated heterocycles. The molecule has 3 nitrogen and oxygen atoms in total. The van der Waals surface area contributed by atoms with E-state index in [-0.39, 0.29) is 17.8 Å². The first-order chi connectivity index (χ1) is 10.2. The molecule has 2 aromatic carbocycles. The van der Waals surface area contributed by atoms with E-state index in [0.29, 0.717) is 5.69 Å². The molecule has 0 radical (unpaired) electrons. The summed E-state index contributed by atoms with van der Waals surface area (Å²) < 4.78 is 13.4. The van der Waals surface area contributed by atoms with Gasteiger partial charge in [-0.2, -0.15) is 0 Å². The molecule has 0 aromatic heterocycles. The Morgan fingerprint density at radius 1 is 1.19 bits per heavy atom. The van der Waals surface area contributed by atoms with Crippen LogP contribution in [0.2, 0.25) is 0 Å². The smallest absolute Gasteiger partial charge is 0.241 e. The zero-order chi connectivity index (χ0) is 14.7. The zero-order valence-electron chi connectivity index (χ0n) is 11.6. The summed E-state index contributed by atoms with van der Waals surface area (Å²) in [5.74, 6) is -0.317. The average molecular weight is 284 g/mol. The van der Waals surface area contributed by atoms with Crippen LogP contribution in [0.5, 0.6) is 0 Å². The number of hydrogen-bond acceptors (Lipinski definition) is 2. The van der Waals surface area contributed by atoms with Gasteiger partial charge in [-0.3, -0.25) is 4.79 Å². The SMILES string of the molecule is O=C(Nc1ccccc1-c1cccc(F)c1)C1CCCN1. The van der Waals surface area contributed by atoms with E-state index in [2.05, 4.69) is 10.6 Å². The minimum absolute atomic E-state index is 0.0312. The van der Waals surface area contributed by atoms with Gasteiger partial charge < -0.3 is 10.6 Å². The molecule has 0 aliphatic carbocycles. The van der Waals surface area contributed by atoms with E-state index >= 15 is 0 Å². The van der Waals surface area contributed by atoms with Crippen molar-refractivity contribution in [1.29, 1.82) is 0 Å². The Labute approximate surface area is 123 Å². The first-order valence-corrected chi connectivity index (χ1v) is 7.13. The van der Waals surface area contributed by atoms with E-state index < -0.39 is 0 Å². The van der Waals surface area contributed by atoms with Crippen molar-refractivity contribution in [3.05, 3.63) is 54.3 Å². The lowest BCUT2D eigenvalue weighted by Crippen LogP contribution is -2.35. The summed E-state index contributed by atoms with van der Waals surface area (Å²) in [4.78, 5) is 12.2. The first-order valence-electron chi connectivity index (χ1n) is 7.13. The summed E-state index contributed by atoms with van der Waals surface area (Å²) in [6, 6.07) is 13.7. The van der Waals surface area contributed by atoms with Gasteiger partial charge in [0.25, 0.3) is 0 Å². The van der Waals surface area contributed by atoms with Crippen LogP contribution in [-0.2, 0) is 4.79 Å². The minimum atomic E-state index is -0.286. The van der Waals surface area contributed by atoms with Gasteiger partial charge in [-0.25, -0.2) is 4.39 Å². The molecule has 3 rings (SSSR count). The number of nitrogens with one attached hydrogen (secondary N) is 2. The zero-order valence-corrected chi connectivity index (χ0v) is 11.6. The molecule has 108 valence electrons. The maximum atomic E-state index is 13.4. The van der Waals surface area contributed by atoms with Crippen LogP contribution in [0.4, 0.5) is 10.1 Å². The number of para-hydroxylation sites is 1. The molecule has 21 heavy (non-hydrogen) atoms. The minimum Gasteiger partial charge on any atom is -0.324 e. The van der Waals surface area contributed by atoms with Crippen LogP contribution in [0, 0.1) is 5.82 Å². The fourth-order valence-corrected chi connectivity index (χ4v) is 2.63. The lowest BCUT2D eigenvalue weighted by atomic mass is 10.0. The molecule has 0 bridgehead atoms. The van der Waals surface area contributed by atoms with E-state index in [1.165, 1.54) is 12.1 Å². The van der Waals surface area contributed by atoms with Crippen LogP contribution >= 0.6 is 0 Å². The fraction of sp³-hybridized carbons (Fsp3) is 0.235. The van der Waals surface area contributed by atoms with E-state index in [4.69, 9.17) is 0 Å². The molecule has 1 amide bonds. The summed E-state index contributed by atoms with van der Waals surface area (Å²) in [5, 5.41) is 6.12. The molecule has 2 aromatic rings. The molecule has 1 fully saturated rings. The molecule has 0 spiro atoms. The highest BCUT2D eigenvalue weighted by Crippen LogP contribution is 2.28. The van der Waals surface area contributed by atoms with Gasteiger partial charge in [0.1, 0.15) is 5.82 Å². The Kier molecular flexibility index (Phi) is 3.97. The third-order valence-corrected chi connectivity index (χ3v) is 3.70. The molecular formula is C17H17FN2O. The molecule has 4 heteroatoms. The number of halogens is 1. The Morgan fingerprint density at radius 2 is 2.05 bits per heavy atom. The number of amides is 1. The van der Waals surface area contributed by atoms with Crippen molar-refractivity contribution in [2.45, 2.75) is 18.9 Å². The van der Waals surface area contributed by atoms with E-state index in [9.17, 15) is 9.18 Å². The number of hydrogen-bond donors (Lipinski definition) is 2. The number of carbonyl (C=O) groups excluding carboxylic acids is 1. The van der Waals surface area contributed by atoms with Gasteiger partial charge in [0.15, 0.2) is 0 Å². The maximum Gasteiger partial charge on any atom is 0.241 e. The molecule has 1 atom stereocenters. The number of anilines is 1. The summed E-state index contributed by atoms with van der Waals surface area (Å²) in [5.41, 5.74) is 2.29. The molecule has 1 heterocycles. The van der Waals surface area contributed by atoms with Crippen molar-refractivity contribution in [3.63, 3.8) is 0 Å². The third-order valence-electron chi connectivity index (χ3n) is 3.70. The Bertz CT molecular complexity index is 651. The standard InChI is InChI=1S/C17H17FN2O/c18-13-6-3-5-12(11-13)14-7-1-2-8-15(14)20-17(21)16-9-4-10-19-16/h1-3,5-8,11,16,19H,4,9-10H2,(H,20,21). The molecule has 2 N–H and O–H groups in total. The predicted molar refractivity (Wildman–Crippen MR) is 81.5 cm³/mol. The van der Waals surface area contributed by atoms with Crippen molar-refractivity contribution in [2.24, 2.45) is 0 Å². The quantitative estimate of drug-likeness (QED) is 0.909. The van der Waals surface area contributed by atoms with Crippen molar-refractivity contribution in [2.75, 3.05) is 11.9 Å². The lowest BCUT2D eigenvalue weighted by molar-refractivity contribution is -0.117. The Hall–Kier alpha value is -2.20. The van der Waals surface area contributed by atoms with Gasteiger partial charge in [0.2, 0.25) is 5.91 Å². The predicted octanol–water partition coefficient (Wildman–Crippen LogP) is 3.18. The molecule has 1 aliphatic rings. The second-order valence-corrected chi connectivity index (χ2v) is 5.19. The third kappa shape index (κ3) is 3.11. The van der Waals surface area contributed by atoms with Crippen LogP contribution in [0.15, 0.2) is 48.5 Å². The van der Waals surface area contributed by atoms with Gasteiger partial charge in [-0.05, 0) is 43.1 Å². The van der Waals surface area contributed by atoms with Gasteiger partial charge in [-0.1, -0.05) is 30.3 Å². The highest BCUT2D eigenvalue weighted by Gasteiger charge is 2.22. The highest BCUT2D eigenvalue weighted by molar-refractivity contribution is 5.98. The van der Waals surface area contributed by atoms with E-state index in [1.54, 1.807) is 6.07 Å². The van der Waals surface area contributed by atoms with Crippen molar-refractivity contribution in [1.82, 2.24) is 5.32 Å². The molecule has 0 saturated carbocycles. The molecular weight excluding hydrogens is 267 g/mol. The normalized spacial score (nSPS) is 17.7. The van der Waals surface area contributed by atoms with Gasteiger partial charge in [0.05, 0.1) is 6.04 Å².